The lowest BCUT2D eigenvalue weighted by molar-refractivity contribution is -0.129. The molecule has 4 nitrogen and oxygen atoms in total. The average molecular weight is 299 g/mol. The molecular formula is C15H23ClN2O2. The predicted octanol–water partition coefficient (Wildman–Crippen LogP) is 1.13. The molecule has 1 fully saturated rings. The molecule has 0 aromatic heterocycles. The van der Waals surface area contributed by atoms with Crippen molar-refractivity contribution in [3.63, 3.8) is 0 Å². The Morgan fingerprint density at radius 1 is 1.45 bits per heavy atom. The summed E-state index contributed by atoms with van der Waals surface area (Å²) >= 11 is 0. The first-order valence-electron chi connectivity index (χ1n) is 6.81. The van der Waals surface area contributed by atoms with E-state index in [0.29, 0.717) is 19.5 Å². The number of hydrogen-bond acceptors (Lipinski definition) is 3. The average Bonchev–Trinajstić information content (AvgIpc) is 2.85. The Labute approximate surface area is 126 Å². The van der Waals surface area contributed by atoms with Gasteiger partial charge in [0.1, 0.15) is 0 Å². The summed E-state index contributed by atoms with van der Waals surface area (Å²) in [6, 6.07) is 9.81. The van der Waals surface area contributed by atoms with Gasteiger partial charge in [-0.25, -0.2) is 0 Å². The number of hydrogen-bond donors (Lipinski definition) is 3. The van der Waals surface area contributed by atoms with Crippen LogP contribution in [0.2, 0.25) is 0 Å². The van der Waals surface area contributed by atoms with Gasteiger partial charge in [0.15, 0.2) is 0 Å². The lowest BCUT2D eigenvalue weighted by Crippen LogP contribution is -2.43. The van der Waals surface area contributed by atoms with Crippen LogP contribution in [0.1, 0.15) is 18.9 Å². The smallest absolute Gasteiger partial charge is 0.227 e. The van der Waals surface area contributed by atoms with E-state index >= 15 is 0 Å². The van der Waals surface area contributed by atoms with E-state index in [9.17, 15) is 9.90 Å². The molecule has 1 heterocycles. The maximum Gasteiger partial charge on any atom is 0.227 e. The van der Waals surface area contributed by atoms with Crippen LogP contribution in [0.25, 0.3) is 0 Å². The van der Waals surface area contributed by atoms with Crippen LogP contribution in [-0.2, 0) is 11.2 Å². The highest BCUT2D eigenvalue weighted by molar-refractivity contribution is 5.85. The SMILES string of the molecule is CC1(C(=O)NCC(O)Cc2ccccc2)CCNC1.Cl. The van der Waals surface area contributed by atoms with E-state index in [-0.39, 0.29) is 23.7 Å². The van der Waals surface area contributed by atoms with Crippen molar-refractivity contribution >= 4 is 18.3 Å². The molecule has 1 aromatic carbocycles. The zero-order valence-corrected chi connectivity index (χ0v) is 12.6. The summed E-state index contributed by atoms with van der Waals surface area (Å²) in [5.41, 5.74) is 0.755. The highest BCUT2D eigenvalue weighted by Gasteiger charge is 2.36. The van der Waals surface area contributed by atoms with Crippen LogP contribution in [0.4, 0.5) is 0 Å². The van der Waals surface area contributed by atoms with E-state index in [1.54, 1.807) is 0 Å². The first-order chi connectivity index (χ1) is 9.10. The largest absolute Gasteiger partial charge is 0.391 e. The van der Waals surface area contributed by atoms with Gasteiger partial charge in [0.2, 0.25) is 5.91 Å². The summed E-state index contributed by atoms with van der Waals surface area (Å²) in [5, 5.41) is 16.0. The third-order valence-electron chi connectivity index (χ3n) is 3.73. The third-order valence-corrected chi connectivity index (χ3v) is 3.73. The Morgan fingerprint density at radius 2 is 2.15 bits per heavy atom. The van der Waals surface area contributed by atoms with Crippen molar-refractivity contribution in [2.75, 3.05) is 19.6 Å². The van der Waals surface area contributed by atoms with Crippen molar-refractivity contribution in [2.24, 2.45) is 5.41 Å². The van der Waals surface area contributed by atoms with Gasteiger partial charge < -0.3 is 15.7 Å². The van der Waals surface area contributed by atoms with Crippen molar-refractivity contribution in [3.8, 4) is 0 Å². The minimum Gasteiger partial charge on any atom is -0.391 e. The molecule has 0 radical (unpaired) electrons. The molecule has 2 rings (SSSR count). The molecule has 5 heteroatoms. The van der Waals surface area contributed by atoms with Gasteiger partial charge in [-0.1, -0.05) is 30.3 Å². The molecular weight excluding hydrogens is 276 g/mol. The molecule has 1 amide bonds. The van der Waals surface area contributed by atoms with Crippen molar-refractivity contribution in [1.82, 2.24) is 10.6 Å². The number of carbonyl (C=O) groups excluding carboxylic acids is 1. The molecule has 2 unspecified atom stereocenters. The normalized spacial score (nSPS) is 22.9. The summed E-state index contributed by atoms with van der Waals surface area (Å²) in [6.45, 7) is 3.87. The minimum atomic E-state index is -0.538. The Kier molecular flexibility index (Phi) is 6.46. The van der Waals surface area contributed by atoms with Gasteiger partial charge in [0.25, 0.3) is 0 Å². The molecule has 0 spiro atoms. The number of benzene rings is 1. The van der Waals surface area contributed by atoms with Gasteiger partial charge in [0.05, 0.1) is 11.5 Å². The zero-order chi connectivity index (χ0) is 13.7. The molecule has 112 valence electrons. The fourth-order valence-electron chi connectivity index (χ4n) is 2.39. The van der Waals surface area contributed by atoms with Gasteiger partial charge in [-0.2, -0.15) is 0 Å². The summed E-state index contributed by atoms with van der Waals surface area (Å²) in [5.74, 6) is 0.0320. The van der Waals surface area contributed by atoms with Crippen molar-refractivity contribution in [3.05, 3.63) is 35.9 Å². The summed E-state index contributed by atoms with van der Waals surface area (Å²) < 4.78 is 0. The van der Waals surface area contributed by atoms with E-state index in [0.717, 1.165) is 18.5 Å². The molecule has 0 aliphatic carbocycles. The van der Waals surface area contributed by atoms with E-state index in [4.69, 9.17) is 0 Å². The van der Waals surface area contributed by atoms with Crippen molar-refractivity contribution < 1.29 is 9.90 Å². The standard InChI is InChI=1S/C15H22N2O2.ClH/c1-15(7-8-16-11-15)14(19)17-10-13(18)9-12-5-3-2-4-6-12;/h2-6,13,16,18H,7-11H2,1H3,(H,17,19);1H. The van der Waals surface area contributed by atoms with Crippen LogP contribution in [0.3, 0.4) is 0 Å². The van der Waals surface area contributed by atoms with Crippen LogP contribution in [0, 0.1) is 5.41 Å². The fraction of sp³-hybridized carbons (Fsp3) is 0.533. The first kappa shape index (κ1) is 17.0. The second-order valence-electron chi connectivity index (χ2n) is 5.54. The van der Waals surface area contributed by atoms with Crippen molar-refractivity contribution in [2.45, 2.75) is 25.9 Å². The van der Waals surface area contributed by atoms with Crippen LogP contribution < -0.4 is 10.6 Å². The number of nitrogens with one attached hydrogen (secondary N) is 2. The molecule has 1 saturated heterocycles. The van der Waals surface area contributed by atoms with Gasteiger partial charge in [0, 0.05) is 19.5 Å². The highest BCUT2D eigenvalue weighted by Crippen LogP contribution is 2.24. The zero-order valence-electron chi connectivity index (χ0n) is 11.8. The lowest BCUT2D eigenvalue weighted by Gasteiger charge is -2.22. The van der Waals surface area contributed by atoms with Crippen LogP contribution in [0.5, 0.6) is 0 Å². The van der Waals surface area contributed by atoms with Crippen LogP contribution >= 0.6 is 12.4 Å². The number of aliphatic hydroxyl groups is 1. The van der Waals surface area contributed by atoms with Crippen LogP contribution in [0.15, 0.2) is 30.3 Å². The summed E-state index contributed by atoms with van der Waals surface area (Å²) in [6.07, 6.45) is 0.883. The van der Waals surface area contributed by atoms with Gasteiger partial charge in [-0.05, 0) is 25.5 Å². The molecule has 0 saturated carbocycles. The highest BCUT2D eigenvalue weighted by atomic mass is 35.5. The Balaban J connectivity index is 0.00000200. The molecule has 1 aromatic rings. The Morgan fingerprint density at radius 3 is 2.75 bits per heavy atom. The molecule has 3 N–H and O–H groups in total. The van der Waals surface area contributed by atoms with E-state index in [1.165, 1.54) is 0 Å². The van der Waals surface area contributed by atoms with Gasteiger partial charge in [-0.15, -0.1) is 12.4 Å². The quantitative estimate of drug-likeness (QED) is 0.764. The van der Waals surface area contributed by atoms with E-state index in [2.05, 4.69) is 10.6 Å². The topological polar surface area (TPSA) is 61.4 Å². The number of carbonyl (C=O) groups is 1. The maximum atomic E-state index is 12.1. The predicted molar refractivity (Wildman–Crippen MR) is 82.0 cm³/mol. The summed E-state index contributed by atoms with van der Waals surface area (Å²) in [7, 11) is 0. The van der Waals surface area contributed by atoms with Crippen LogP contribution in [-0.4, -0.2) is 36.8 Å². The molecule has 1 aliphatic heterocycles. The number of amides is 1. The van der Waals surface area contributed by atoms with Gasteiger partial charge in [-0.3, -0.25) is 4.79 Å². The minimum absolute atomic E-state index is 0. The van der Waals surface area contributed by atoms with Gasteiger partial charge >= 0.3 is 0 Å². The van der Waals surface area contributed by atoms with E-state index in [1.807, 2.05) is 37.3 Å². The first-order valence-corrected chi connectivity index (χ1v) is 6.81. The number of halogens is 1. The van der Waals surface area contributed by atoms with E-state index < -0.39 is 6.10 Å². The molecule has 0 bridgehead atoms. The molecule has 20 heavy (non-hydrogen) atoms. The molecule has 2 atom stereocenters. The second kappa shape index (κ2) is 7.62. The second-order valence-corrected chi connectivity index (χ2v) is 5.54. The van der Waals surface area contributed by atoms with Crippen molar-refractivity contribution in [1.29, 1.82) is 0 Å². The Hall–Kier alpha value is -1.10. The third kappa shape index (κ3) is 4.47. The monoisotopic (exact) mass is 298 g/mol. The lowest BCUT2D eigenvalue weighted by atomic mass is 9.89. The number of aliphatic hydroxyl groups excluding tert-OH is 1. The summed E-state index contributed by atoms with van der Waals surface area (Å²) in [4.78, 5) is 12.1. The number of rotatable bonds is 5. The maximum absolute atomic E-state index is 12.1. The Bertz CT molecular complexity index is 419. The molecule has 1 aliphatic rings. The fourth-order valence-corrected chi connectivity index (χ4v) is 2.39.